The van der Waals surface area contributed by atoms with Crippen LogP contribution >= 0.6 is 7.60 Å². The van der Waals surface area contributed by atoms with Crippen LogP contribution in [0.25, 0.3) is 0 Å². The SMILES string of the molecule is CCOP(=O)(OCC)[C@@H](N)c1ccc(C(F)(F)F)cc1C(F)(F)F. The Kier molecular flexibility index (Phi) is 6.49. The predicted molar refractivity (Wildman–Crippen MR) is 74.2 cm³/mol. The van der Waals surface area contributed by atoms with Crippen molar-refractivity contribution in [3.8, 4) is 0 Å². The van der Waals surface area contributed by atoms with Gasteiger partial charge in [0.1, 0.15) is 5.78 Å². The molecule has 0 unspecified atom stereocenters. The molecule has 0 aliphatic carbocycles. The van der Waals surface area contributed by atoms with Gasteiger partial charge in [0.2, 0.25) is 0 Å². The summed E-state index contributed by atoms with van der Waals surface area (Å²) >= 11 is 0. The van der Waals surface area contributed by atoms with Gasteiger partial charge in [0.05, 0.1) is 24.3 Å². The lowest BCUT2D eigenvalue weighted by Gasteiger charge is -2.26. The Labute approximate surface area is 134 Å². The van der Waals surface area contributed by atoms with Crippen LogP contribution in [-0.2, 0) is 26.0 Å². The van der Waals surface area contributed by atoms with E-state index < -0.39 is 42.4 Å². The molecule has 0 heterocycles. The number of halogens is 6. The standard InChI is InChI=1S/C13H16F6NO3P/c1-3-22-24(21,23-4-2)11(20)9-6-5-8(12(14,15)16)7-10(9)13(17,18)19/h5-7,11H,3-4,20H2,1-2H3/t11-/m1/s1. The van der Waals surface area contributed by atoms with E-state index >= 15 is 0 Å². The summed E-state index contributed by atoms with van der Waals surface area (Å²) in [5.41, 5.74) is 1.69. The number of rotatable bonds is 6. The second-order valence-electron chi connectivity index (χ2n) is 4.62. The first-order chi connectivity index (χ1) is 10.9. The minimum Gasteiger partial charge on any atom is -0.314 e. The highest BCUT2D eigenvalue weighted by molar-refractivity contribution is 7.54. The fourth-order valence-corrected chi connectivity index (χ4v) is 3.65. The molecule has 0 aliphatic rings. The molecule has 1 aromatic carbocycles. The van der Waals surface area contributed by atoms with Crippen LogP contribution in [-0.4, -0.2) is 13.2 Å². The third kappa shape index (κ3) is 4.72. The lowest BCUT2D eigenvalue weighted by molar-refractivity contribution is -0.143. The van der Waals surface area contributed by atoms with E-state index in [1.807, 2.05) is 0 Å². The quantitative estimate of drug-likeness (QED) is 0.561. The number of benzene rings is 1. The van der Waals surface area contributed by atoms with Crippen molar-refractivity contribution in [3.63, 3.8) is 0 Å². The third-order valence-electron chi connectivity index (χ3n) is 2.96. The molecule has 0 fully saturated rings. The zero-order valence-corrected chi connectivity index (χ0v) is 13.6. The number of hydrogen-bond donors (Lipinski definition) is 1. The summed E-state index contributed by atoms with van der Waals surface area (Å²) in [5, 5.41) is 0. The molecule has 1 aromatic rings. The molecule has 0 amide bonds. The molecule has 0 aromatic heterocycles. The summed E-state index contributed by atoms with van der Waals surface area (Å²) in [6, 6.07) is 0.908. The first kappa shape index (κ1) is 21.0. The molecule has 1 atom stereocenters. The minimum atomic E-state index is -5.13. The van der Waals surface area contributed by atoms with Crippen molar-refractivity contribution in [2.75, 3.05) is 13.2 Å². The van der Waals surface area contributed by atoms with Crippen molar-refractivity contribution < 1.29 is 40.0 Å². The number of alkyl halides is 6. The maximum Gasteiger partial charge on any atom is 0.416 e. The highest BCUT2D eigenvalue weighted by Crippen LogP contribution is 2.59. The van der Waals surface area contributed by atoms with E-state index in [-0.39, 0.29) is 19.3 Å². The highest BCUT2D eigenvalue weighted by atomic mass is 31.2. The Morgan fingerprint density at radius 3 is 1.92 bits per heavy atom. The van der Waals surface area contributed by atoms with Gasteiger partial charge in [-0.05, 0) is 31.5 Å². The molecule has 0 aliphatic heterocycles. The van der Waals surface area contributed by atoms with E-state index in [0.29, 0.717) is 12.1 Å². The molecule has 0 saturated heterocycles. The summed E-state index contributed by atoms with van der Waals surface area (Å²) in [4.78, 5) is 0. The van der Waals surface area contributed by atoms with E-state index in [1.165, 1.54) is 13.8 Å². The van der Waals surface area contributed by atoms with Gasteiger partial charge in [-0.3, -0.25) is 4.57 Å². The topological polar surface area (TPSA) is 61.5 Å². The third-order valence-corrected chi connectivity index (χ3v) is 5.16. The van der Waals surface area contributed by atoms with Crippen molar-refractivity contribution in [1.82, 2.24) is 0 Å². The normalized spacial score (nSPS) is 14.7. The second-order valence-corrected chi connectivity index (χ2v) is 6.77. The molecular weight excluding hydrogens is 363 g/mol. The lowest BCUT2D eigenvalue weighted by atomic mass is 10.0. The average Bonchev–Trinajstić information content (AvgIpc) is 2.44. The largest absolute Gasteiger partial charge is 0.416 e. The minimum absolute atomic E-state index is 0.0720. The molecule has 24 heavy (non-hydrogen) atoms. The number of hydrogen-bond acceptors (Lipinski definition) is 4. The van der Waals surface area contributed by atoms with Crippen molar-refractivity contribution >= 4 is 7.60 Å². The van der Waals surface area contributed by atoms with Gasteiger partial charge >= 0.3 is 19.9 Å². The van der Waals surface area contributed by atoms with Gasteiger partial charge in [0.25, 0.3) is 0 Å². The molecule has 0 radical (unpaired) electrons. The van der Waals surface area contributed by atoms with E-state index in [9.17, 15) is 30.9 Å². The molecule has 0 spiro atoms. The van der Waals surface area contributed by atoms with Gasteiger partial charge < -0.3 is 14.8 Å². The second kappa shape index (κ2) is 7.43. The Balaban J connectivity index is 3.49. The summed E-state index contributed by atoms with van der Waals surface area (Å²) in [7, 11) is -4.19. The van der Waals surface area contributed by atoms with Crippen molar-refractivity contribution in [2.45, 2.75) is 32.0 Å². The maximum absolute atomic E-state index is 13.1. The highest BCUT2D eigenvalue weighted by Gasteiger charge is 2.43. The lowest BCUT2D eigenvalue weighted by Crippen LogP contribution is -2.21. The smallest absolute Gasteiger partial charge is 0.314 e. The Hall–Kier alpha value is -1.09. The van der Waals surface area contributed by atoms with Gasteiger partial charge in [-0.25, -0.2) is 0 Å². The van der Waals surface area contributed by atoms with Crippen molar-refractivity contribution in [3.05, 3.63) is 34.9 Å². The van der Waals surface area contributed by atoms with Crippen LogP contribution in [0.1, 0.15) is 36.3 Å². The molecule has 1 rings (SSSR count). The first-order valence-corrected chi connectivity index (χ1v) is 8.40. The summed E-state index contributed by atoms with van der Waals surface area (Å²) in [6.07, 6.45) is -10.1. The molecule has 0 saturated carbocycles. The van der Waals surface area contributed by atoms with Crippen molar-refractivity contribution in [2.24, 2.45) is 5.73 Å². The van der Waals surface area contributed by atoms with Crippen LogP contribution in [0.4, 0.5) is 26.3 Å². The van der Waals surface area contributed by atoms with E-state index in [0.717, 1.165) is 0 Å². The Bertz CT molecular complexity index is 607. The van der Waals surface area contributed by atoms with Crippen molar-refractivity contribution in [1.29, 1.82) is 0 Å². The van der Waals surface area contributed by atoms with Crippen LogP contribution < -0.4 is 5.73 Å². The molecular formula is C13H16F6NO3P. The van der Waals surface area contributed by atoms with Gasteiger partial charge in [-0.2, -0.15) is 26.3 Å². The zero-order chi connectivity index (χ0) is 18.8. The first-order valence-electron chi connectivity index (χ1n) is 6.79. The molecule has 0 bridgehead atoms. The molecule has 11 heteroatoms. The Morgan fingerprint density at radius 1 is 1.04 bits per heavy atom. The zero-order valence-electron chi connectivity index (χ0n) is 12.7. The van der Waals surface area contributed by atoms with Gasteiger partial charge in [-0.15, -0.1) is 0 Å². The molecule has 138 valence electrons. The van der Waals surface area contributed by atoms with Crippen LogP contribution in [0.15, 0.2) is 18.2 Å². The average molecular weight is 379 g/mol. The fraction of sp³-hybridized carbons (Fsp3) is 0.538. The van der Waals surface area contributed by atoms with E-state index in [4.69, 9.17) is 14.8 Å². The maximum atomic E-state index is 13.1. The van der Waals surface area contributed by atoms with Crippen LogP contribution in [0, 0.1) is 0 Å². The number of nitrogens with two attached hydrogens (primary N) is 1. The van der Waals surface area contributed by atoms with Crippen LogP contribution in [0.3, 0.4) is 0 Å². The van der Waals surface area contributed by atoms with Gasteiger partial charge in [-0.1, -0.05) is 6.07 Å². The van der Waals surface area contributed by atoms with Crippen LogP contribution in [0.2, 0.25) is 0 Å². The molecule has 4 nitrogen and oxygen atoms in total. The fourth-order valence-electron chi connectivity index (χ4n) is 1.96. The van der Waals surface area contributed by atoms with Gasteiger partial charge in [0, 0.05) is 0 Å². The summed E-state index contributed by atoms with van der Waals surface area (Å²) < 4.78 is 99.7. The van der Waals surface area contributed by atoms with E-state index in [2.05, 4.69) is 0 Å². The monoisotopic (exact) mass is 379 g/mol. The van der Waals surface area contributed by atoms with E-state index in [1.54, 1.807) is 0 Å². The predicted octanol–water partition coefficient (Wildman–Crippen LogP) is 4.95. The summed E-state index contributed by atoms with van der Waals surface area (Å²) in [6.45, 7) is 2.53. The van der Waals surface area contributed by atoms with Gasteiger partial charge in [0.15, 0.2) is 0 Å². The summed E-state index contributed by atoms with van der Waals surface area (Å²) in [5.74, 6) is -1.88. The molecule has 2 N–H and O–H groups in total. The Morgan fingerprint density at radius 2 is 1.54 bits per heavy atom. The van der Waals surface area contributed by atoms with Crippen LogP contribution in [0.5, 0.6) is 0 Å².